The first-order valence-corrected chi connectivity index (χ1v) is 8.66. The summed E-state index contributed by atoms with van der Waals surface area (Å²) >= 11 is 0. The number of rotatable bonds is 2. The molecule has 2 aromatic heterocycles. The number of hydrogen-bond donors (Lipinski definition) is 2. The summed E-state index contributed by atoms with van der Waals surface area (Å²) in [5.41, 5.74) is 4.22. The van der Waals surface area contributed by atoms with E-state index in [2.05, 4.69) is 9.97 Å². The second kappa shape index (κ2) is 5.95. The van der Waals surface area contributed by atoms with Crippen LogP contribution in [0.15, 0.2) is 78.9 Å². The fourth-order valence-electron chi connectivity index (χ4n) is 3.51. The molecule has 130 valence electrons. The third-order valence-electron chi connectivity index (χ3n) is 4.82. The summed E-state index contributed by atoms with van der Waals surface area (Å²) in [7, 11) is 0. The van der Waals surface area contributed by atoms with Crippen LogP contribution in [-0.2, 0) is 0 Å². The number of halogens is 1. The normalized spacial score (nSPS) is 11.3. The third kappa shape index (κ3) is 2.54. The number of aromatic hydroxyl groups is 1. The average Bonchev–Trinajstić information content (AvgIpc) is 3.03. The molecule has 0 saturated carbocycles. The lowest BCUT2D eigenvalue weighted by molar-refractivity contribution is 0.460. The topological polar surface area (TPSA) is 48.9 Å². The molecule has 0 aliphatic rings. The number of fused-ring (bicyclic) bond motifs is 2. The van der Waals surface area contributed by atoms with Gasteiger partial charge in [0, 0.05) is 21.9 Å². The maximum absolute atomic E-state index is 14.1. The lowest BCUT2D eigenvalue weighted by atomic mass is 10.0. The van der Waals surface area contributed by atoms with Gasteiger partial charge in [0.1, 0.15) is 5.82 Å². The Bertz CT molecular complexity index is 1310. The highest BCUT2D eigenvalue weighted by Gasteiger charge is 2.16. The summed E-state index contributed by atoms with van der Waals surface area (Å²) in [6, 6.07) is 24.0. The van der Waals surface area contributed by atoms with Crippen molar-refractivity contribution in [1.82, 2.24) is 9.97 Å². The molecule has 0 aliphatic heterocycles. The molecular formula is C23H15FN2O. The molecule has 2 heterocycles. The van der Waals surface area contributed by atoms with Crippen molar-refractivity contribution in [2.75, 3.05) is 0 Å². The van der Waals surface area contributed by atoms with E-state index >= 15 is 0 Å². The van der Waals surface area contributed by atoms with Gasteiger partial charge in [0.25, 0.3) is 0 Å². The molecule has 4 heteroatoms. The molecule has 0 aliphatic carbocycles. The molecule has 27 heavy (non-hydrogen) atoms. The molecular weight excluding hydrogens is 339 g/mol. The molecule has 0 spiro atoms. The van der Waals surface area contributed by atoms with Crippen LogP contribution in [0.1, 0.15) is 0 Å². The first-order chi connectivity index (χ1) is 13.2. The number of aromatic amines is 1. The predicted octanol–water partition coefficient (Wildman–Crippen LogP) is 5.89. The zero-order chi connectivity index (χ0) is 18.4. The van der Waals surface area contributed by atoms with E-state index < -0.39 is 0 Å². The highest BCUT2D eigenvalue weighted by Crippen LogP contribution is 2.38. The highest BCUT2D eigenvalue weighted by atomic mass is 19.1. The number of nitrogens with one attached hydrogen (secondary N) is 1. The van der Waals surface area contributed by atoms with E-state index in [9.17, 15) is 9.50 Å². The van der Waals surface area contributed by atoms with Crippen molar-refractivity contribution < 1.29 is 9.50 Å². The van der Waals surface area contributed by atoms with Crippen LogP contribution in [0.3, 0.4) is 0 Å². The lowest BCUT2D eigenvalue weighted by Crippen LogP contribution is -1.85. The molecule has 5 rings (SSSR count). The first kappa shape index (κ1) is 15.6. The summed E-state index contributed by atoms with van der Waals surface area (Å²) in [4.78, 5) is 7.68. The quantitative estimate of drug-likeness (QED) is 0.415. The Morgan fingerprint density at radius 1 is 0.852 bits per heavy atom. The molecule has 0 fully saturated rings. The first-order valence-electron chi connectivity index (χ1n) is 8.66. The fourth-order valence-corrected chi connectivity index (χ4v) is 3.51. The van der Waals surface area contributed by atoms with E-state index in [1.54, 1.807) is 18.2 Å². The SMILES string of the molecule is Oc1[nH]c2cc(-c3ccccc3F)ccc2c1-c1ccc2ccccc2n1. The second-order valence-electron chi connectivity index (χ2n) is 6.48. The summed E-state index contributed by atoms with van der Waals surface area (Å²) in [5.74, 6) is -0.220. The summed E-state index contributed by atoms with van der Waals surface area (Å²) < 4.78 is 14.1. The van der Waals surface area contributed by atoms with Crippen LogP contribution in [0.25, 0.3) is 44.2 Å². The van der Waals surface area contributed by atoms with Crippen LogP contribution in [0, 0.1) is 5.82 Å². The monoisotopic (exact) mass is 354 g/mol. The van der Waals surface area contributed by atoms with E-state index in [1.807, 2.05) is 54.6 Å². The van der Waals surface area contributed by atoms with Gasteiger partial charge in [-0.25, -0.2) is 9.37 Å². The van der Waals surface area contributed by atoms with Gasteiger partial charge >= 0.3 is 0 Å². The summed E-state index contributed by atoms with van der Waals surface area (Å²) in [5, 5.41) is 12.4. The summed E-state index contributed by atoms with van der Waals surface area (Å²) in [6.07, 6.45) is 0. The van der Waals surface area contributed by atoms with E-state index in [0.29, 0.717) is 16.8 Å². The van der Waals surface area contributed by atoms with Crippen molar-refractivity contribution in [2.45, 2.75) is 0 Å². The van der Waals surface area contributed by atoms with Crippen molar-refractivity contribution in [3.8, 4) is 28.3 Å². The number of hydrogen-bond acceptors (Lipinski definition) is 2. The Morgan fingerprint density at radius 2 is 1.67 bits per heavy atom. The minimum absolute atomic E-state index is 0.0541. The number of aromatic nitrogens is 2. The van der Waals surface area contributed by atoms with Crippen LogP contribution >= 0.6 is 0 Å². The van der Waals surface area contributed by atoms with Gasteiger partial charge in [-0.3, -0.25) is 0 Å². The van der Waals surface area contributed by atoms with Crippen LogP contribution < -0.4 is 0 Å². The Hall–Kier alpha value is -3.66. The maximum Gasteiger partial charge on any atom is 0.199 e. The Balaban J connectivity index is 1.69. The number of H-pyrrole nitrogens is 1. The van der Waals surface area contributed by atoms with Gasteiger partial charge in [0.2, 0.25) is 0 Å². The minimum Gasteiger partial charge on any atom is -0.494 e. The Morgan fingerprint density at radius 3 is 2.56 bits per heavy atom. The van der Waals surface area contributed by atoms with Crippen molar-refractivity contribution in [3.63, 3.8) is 0 Å². The van der Waals surface area contributed by atoms with Crippen molar-refractivity contribution in [1.29, 1.82) is 0 Å². The Kier molecular flexibility index (Phi) is 3.44. The van der Waals surface area contributed by atoms with Gasteiger partial charge in [0.15, 0.2) is 5.88 Å². The molecule has 3 nitrogen and oxygen atoms in total. The number of nitrogens with zero attached hydrogens (tertiary/aromatic N) is 1. The minimum atomic E-state index is -0.274. The van der Waals surface area contributed by atoms with Crippen molar-refractivity contribution in [3.05, 3.63) is 84.7 Å². The van der Waals surface area contributed by atoms with E-state index in [4.69, 9.17) is 0 Å². The van der Waals surface area contributed by atoms with Gasteiger partial charge in [-0.05, 0) is 29.8 Å². The van der Waals surface area contributed by atoms with Crippen molar-refractivity contribution in [2.24, 2.45) is 0 Å². The van der Waals surface area contributed by atoms with Crippen LogP contribution in [-0.4, -0.2) is 15.1 Å². The molecule has 0 radical (unpaired) electrons. The van der Waals surface area contributed by atoms with Gasteiger partial charge < -0.3 is 10.1 Å². The van der Waals surface area contributed by atoms with E-state index in [-0.39, 0.29) is 11.7 Å². The second-order valence-corrected chi connectivity index (χ2v) is 6.48. The Labute approximate surface area is 154 Å². The van der Waals surface area contributed by atoms with E-state index in [0.717, 1.165) is 27.4 Å². The number of pyridine rings is 1. The van der Waals surface area contributed by atoms with E-state index in [1.165, 1.54) is 6.07 Å². The maximum atomic E-state index is 14.1. The van der Waals surface area contributed by atoms with Crippen LogP contribution in [0.4, 0.5) is 4.39 Å². The summed E-state index contributed by atoms with van der Waals surface area (Å²) in [6.45, 7) is 0. The van der Waals surface area contributed by atoms with Crippen molar-refractivity contribution >= 4 is 21.8 Å². The van der Waals surface area contributed by atoms with Gasteiger partial charge in [-0.1, -0.05) is 54.6 Å². The smallest absolute Gasteiger partial charge is 0.199 e. The molecule has 2 N–H and O–H groups in total. The number of para-hydroxylation sites is 1. The third-order valence-corrected chi connectivity index (χ3v) is 4.82. The average molecular weight is 354 g/mol. The standard InChI is InChI=1S/C23H15FN2O/c24-18-7-3-2-6-16(18)15-9-11-17-21(13-15)26-23(27)22(17)20-12-10-14-5-1-4-8-19(14)25-20/h1-13,26-27H. The lowest BCUT2D eigenvalue weighted by Gasteiger charge is -2.05. The molecule has 0 bridgehead atoms. The fraction of sp³-hybridized carbons (Fsp3) is 0. The zero-order valence-electron chi connectivity index (χ0n) is 14.3. The molecule has 0 amide bonds. The molecule has 0 atom stereocenters. The molecule has 3 aromatic carbocycles. The molecule has 0 unspecified atom stereocenters. The van der Waals surface area contributed by atoms with Gasteiger partial charge in [-0.15, -0.1) is 0 Å². The number of benzene rings is 3. The highest BCUT2D eigenvalue weighted by molar-refractivity contribution is 6.00. The molecule has 5 aromatic rings. The predicted molar refractivity (Wildman–Crippen MR) is 106 cm³/mol. The van der Waals surface area contributed by atoms with Crippen LogP contribution in [0.5, 0.6) is 5.88 Å². The largest absolute Gasteiger partial charge is 0.494 e. The van der Waals surface area contributed by atoms with Crippen LogP contribution in [0.2, 0.25) is 0 Å². The van der Waals surface area contributed by atoms with Gasteiger partial charge in [-0.2, -0.15) is 0 Å². The molecule has 0 saturated heterocycles. The van der Waals surface area contributed by atoms with Gasteiger partial charge in [0.05, 0.1) is 16.8 Å². The zero-order valence-corrected chi connectivity index (χ0v) is 14.3.